The van der Waals surface area contributed by atoms with E-state index in [1.165, 1.54) is 0 Å². The largest absolute Gasteiger partial charge is 0.329 e. The maximum absolute atomic E-state index is 11.5. The van der Waals surface area contributed by atoms with Gasteiger partial charge in [-0.3, -0.25) is 9.63 Å². The van der Waals surface area contributed by atoms with Crippen molar-refractivity contribution in [1.82, 2.24) is 5.48 Å². The Bertz CT molecular complexity index is 204. The second-order valence-electron chi connectivity index (χ2n) is 4.63. The van der Waals surface area contributed by atoms with Gasteiger partial charge in [0.15, 0.2) is 0 Å². The van der Waals surface area contributed by atoms with Crippen LogP contribution in [0.3, 0.4) is 0 Å². The Balaban J connectivity index is 2.34. The minimum Gasteiger partial charge on any atom is -0.329 e. The van der Waals surface area contributed by atoms with Gasteiger partial charge in [-0.2, -0.15) is 0 Å². The lowest BCUT2D eigenvalue weighted by atomic mass is 10.1. The molecule has 0 atom stereocenters. The van der Waals surface area contributed by atoms with Crippen molar-refractivity contribution >= 4 is 5.91 Å². The van der Waals surface area contributed by atoms with Gasteiger partial charge in [0.25, 0.3) is 5.91 Å². The summed E-state index contributed by atoms with van der Waals surface area (Å²) >= 11 is 0. The van der Waals surface area contributed by atoms with Crippen molar-refractivity contribution in [2.75, 3.05) is 6.54 Å². The maximum atomic E-state index is 11.5. The quantitative estimate of drug-likeness (QED) is 0.633. The number of hydrogen-bond donors (Lipinski definition) is 2. The molecule has 0 spiro atoms. The van der Waals surface area contributed by atoms with Gasteiger partial charge in [0, 0.05) is 6.54 Å². The van der Waals surface area contributed by atoms with Crippen LogP contribution in [0.1, 0.15) is 33.6 Å². The molecule has 3 N–H and O–H groups in total. The van der Waals surface area contributed by atoms with E-state index < -0.39 is 0 Å². The number of hydrogen-bond acceptors (Lipinski definition) is 3. The lowest BCUT2D eigenvalue weighted by Gasteiger charge is -2.21. The topological polar surface area (TPSA) is 64.3 Å². The molecule has 0 aromatic heterocycles. The Morgan fingerprint density at radius 1 is 1.54 bits per heavy atom. The Morgan fingerprint density at radius 3 is 2.38 bits per heavy atom. The van der Waals surface area contributed by atoms with Gasteiger partial charge >= 0.3 is 0 Å². The monoisotopic (exact) mass is 186 g/mol. The van der Waals surface area contributed by atoms with Crippen molar-refractivity contribution in [3.05, 3.63) is 0 Å². The van der Waals surface area contributed by atoms with Gasteiger partial charge in [-0.1, -0.05) is 0 Å². The lowest BCUT2D eigenvalue weighted by molar-refractivity contribution is -0.150. The van der Waals surface area contributed by atoms with Crippen molar-refractivity contribution in [3.63, 3.8) is 0 Å². The van der Waals surface area contributed by atoms with E-state index in [4.69, 9.17) is 10.6 Å². The summed E-state index contributed by atoms with van der Waals surface area (Å²) in [6, 6.07) is 0. The fourth-order valence-corrected chi connectivity index (χ4v) is 0.982. The van der Waals surface area contributed by atoms with E-state index in [0.29, 0.717) is 6.54 Å². The highest BCUT2D eigenvalue weighted by atomic mass is 16.7. The Hall–Kier alpha value is -0.610. The lowest BCUT2D eigenvalue weighted by Crippen LogP contribution is -2.40. The van der Waals surface area contributed by atoms with Crippen LogP contribution >= 0.6 is 0 Å². The number of rotatable bonds is 3. The van der Waals surface area contributed by atoms with E-state index in [0.717, 1.165) is 12.8 Å². The number of amides is 1. The van der Waals surface area contributed by atoms with Gasteiger partial charge in [-0.05, 0) is 33.6 Å². The Morgan fingerprint density at radius 2 is 2.08 bits per heavy atom. The predicted octanol–water partition coefficient (Wildman–Crippen LogP) is 0.572. The van der Waals surface area contributed by atoms with E-state index in [-0.39, 0.29) is 16.9 Å². The van der Waals surface area contributed by atoms with Gasteiger partial charge in [0.05, 0.1) is 11.0 Å². The summed E-state index contributed by atoms with van der Waals surface area (Å²) in [4.78, 5) is 16.7. The van der Waals surface area contributed by atoms with Crippen molar-refractivity contribution < 1.29 is 9.63 Å². The summed E-state index contributed by atoms with van der Waals surface area (Å²) in [6.45, 7) is 6.06. The smallest absolute Gasteiger partial charge is 0.251 e. The highest BCUT2D eigenvalue weighted by molar-refractivity contribution is 5.84. The zero-order valence-electron chi connectivity index (χ0n) is 8.52. The van der Waals surface area contributed by atoms with Crippen LogP contribution in [-0.2, 0) is 9.63 Å². The molecule has 0 aliphatic heterocycles. The van der Waals surface area contributed by atoms with Gasteiger partial charge in [0.1, 0.15) is 0 Å². The highest BCUT2D eigenvalue weighted by Gasteiger charge is 2.49. The molecule has 4 nitrogen and oxygen atoms in total. The molecule has 4 heteroatoms. The molecule has 0 unspecified atom stereocenters. The molecule has 1 fully saturated rings. The molecule has 1 amide bonds. The van der Waals surface area contributed by atoms with Crippen molar-refractivity contribution in [2.45, 2.75) is 39.2 Å². The summed E-state index contributed by atoms with van der Waals surface area (Å²) in [5.41, 5.74) is 7.28. The van der Waals surface area contributed by atoms with Crippen LogP contribution in [0, 0.1) is 5.41 Å². The summed E-state index contributed by atoms with van der Waals surface area (Å²) in [5, 5.41) is 0. The molecule has 13 heavy (non-hydrogen) atoms. The first kappa shape index (κ1) is 10.5. The summed E-state index contributed by atoms with van der Waals surface area (Å²) < 4.78 is 0. The maximum Gasteiger partial charge on any atom is 0.251 e. The summed E-state index contributed by atoms with van der Waals surface area (Å²) in [6.07, 6.45) is 1.76. The standard InChI is InChI=1S/C9H18N2O2/c1-8(2,3)13-11-7(12)9(6-10)4-5-9/h4-6,10H2,1-3H3,(H,11,12). The normalized spacial score (nSPS) is 19.7. The number of carbonyl (C=O) groups is 1. The molecule has 0 heterocycles. The number of nitrogens with two attached hydrogens (primary N) is 1. The highest BCUT2D eigenvalue weighted by Crippen LogP contribution is 2.44. The molecule has 1 rings (SSSR count). The van der Waals surface area contributed by atoms with Gasteiger partial charge in [-0.15, -0.1) is 0 Å². The van der Waals surface area contributed by atoms with Crippen LogP contribution in [0.15, 0.2) is 0 Å². The van der Waals surface area contributed by atoms with Crippen LogP contribution in [0.2, 0.25) is 0 Å². The molecular formula is C9H18N2O2. The fraction of sp³-hybridized carbons (Fsp3) is 0.889. The van der Waals surface area contributed by atoms with Crippen molar-refractivity contribution in [1.29, 1.82) is 0 Å². The summed E-state index contributed by atoms with van der Waals surface area (Å²) in [5.74, 6) is -0.0788. The molecule has 0 aromatic carbocycles. The number of hydroxylamine groups is 1. The third kappa shape index (κ3) is 2.67. The van der Waals surface area contributed by atoms with E-state index >= 15 is 0 Å². The van der Waals surface area contributed by atoms with Crippen molar-refractivity contribution in [3.8, 4) is 0 Å². The molecule has 1 aliphatic carbocycles. The average Bonchev–Trinajstić information content (AvgIpc) is 2.79. The number of nitrogens with one attached hydrogen (secondary N) is 1. The minimum atomic E-state index is -0.347. The minimum absolute atomic E-state index is 0.0788. The first-order valence-corrected chi connectivity index (χ1v) is 4.58. The molecule has 76 valence electrons. The van der Waals surface area contributed by atoms with Crippen LogP contribution in [0.5, 0.6) is 0 Å². The third-order valence-electron chi connectivity index (χ3n) is 2.18. The van der Waals surface area contributed by atoms with Crippen molar-refractivity contribution in [2.24, 2.45) is 11.1 Å². The fourth-order valence-electron chi connectivity index (χ4n) is 0.982. The molecule has 0 radical (unpaired) electrons. The van der Waals surface area contributed by atoms with E-state index in [2.05, 4.69) is 5.48 Å². The van der Waals surface area contributed by atoms with Crippen LogP contribution in [0.25, 0.3) is 0 Å². The van der Waals surface area contributed by atoms with E-state index in [1.54, 1.807) is 0 Å². The molecule has 1 saturated carbocycles. The van der Waals surface area contributed by atoms with Crippen LogP contribution < -0.4 is 11.2 Å². The van der Waals surface area contributed by atoms with Gasteiger partial charge in [0.2, 0.25) is 0 Å². The predicted molar refractivity (Wildman–Crippen MR) is 49.7 cm³/mol. The average molecular weight is 186 g/mol. The van der Waals surface area contributed by atoms with Gasteiger partial charge < -0.3 is 5.73 Å². The second kappa shape index (κ2) is 3.27. The number of carbonyl (C=O) groups excluding carboxylic acids is 1. The first-order valence-electron chi connectivity index (χ1n) is 4.58. The van der Waals surface area contributed by atoms with E-state index in [9.17, 15) is 4.79 Å². The zero-order valence-corrected chi connectivity index (χ0v) is 8.52. The summed E-state index contributed by atoms with van der Waals surface area (Å²) in [7, 11) is 0. The first-order chi connectivity index (χ1) is 5.90. The molecular weight excluding hydrogens is 168 g/mol. The second-order valence-corrected chi connectivity index (χ2v) is 4.63. The third-order valence-corrected chi connectivity index (χ3v) is 2.18. The Labute approximate surface area is 78.8 Å². The molecule has 0 aromatic rings. The Kier molecular flexibility index (Phi) is 2.63. The SMILES string of the molecule is CC(C)(C)ONC(=O)C1(CN)CC1. The molecule has 0 saturated heterocycles. The van der Waals surface area contributed by atoms with Crippen LogP contribution in [-0.4, -0.2) is 18.1 Å². The van der Waals surface area contributed by atoms with Gasteiger partial charge in [-0.25, -0.2) is 5.48 Å². The van der Waals surface area contributed by atoms with E-state index in [1.807, 2.05) is 20.8 Å². The molecule has 1 aliphatic rings. The van der Waals surface area contributed by atoms with Crippen LogP contribution in [0.4, 0.5) is 0 Å². The molecule has 0 bridgehead atoms. The zero-order chi connectivity index (χ0) is 10.1.